The zero-order valence-corrected chi connectivity index (χ0v) is 12.2. The number of nitrogens with one attached hydrogen (secondary N) is 1. The molecule has 0 unspecified atom stereocenters. The van der Waals surface area contributed by atoms with Crippen molar-refractivity contribution in [1.82, 2.24) is 4.98 Å². The van der Waals surface area contributed by atoms with Crippen molar-refractivity contribution < 1.29 is 0 Å². The van der Waals surface area contributed by atoms with Crippen LogP contribution in [0.5, 0.6) is 0 Å². The Morgan fingerprint density at radius 2 is 1.59 bits per heavy atom. The number of hydrogen-bond donors (Lipinski definition) is 1. The third-order valence-electron chi connectivity index (χ3n) is 4.19. The molecule has 2 heteroatoms. The molecule has 104 valence electrons. The zero-order chi connectivity index (χ0) is 15.1. The molecule has 0 fully saturated rings. The second-order valence-electron chi connectivity index (χ2n) is 5.54. The zero-order valence-electron chi connectivity index (χ0n) is 12.2. The van der Waals surface area contributed by atoms with Gasteiger partial charge in [0.1, 0.15) is 0 Å². The van der Waals surface area contributed by atoms with Crippen LogP contribution in [0, 0.1) is 18.3 Å². The molecule has 0 saturated heterocycles. The van der Waals surface area contributed by atoms with Gasteiger partial charge in [-0.3, -0.25) is 0 Å². The van der Waals surface area contributed by atoms with E-state index in [1.54, 1.807) is 0 Å². The van der Waals surface area contributed by atoms with Crippen LogP contribution in [-0.4, -0.2) is 4.98 Å². The Hall–Kier alpha value is -3.05. The number of rotatable bonds is 1. The van der Waals surface area contributed by atoms with Gasteiger partial charge < -0.3 is 4.98 Å². The molecule has 0 amide bonds. The van der Waals surface area contributed by atoms with Crippen molar-refractivity contribution in [2.75, 3.05) is 0 Å². The predicted octanol–water partition coefficient (Wildman–Crippen LogP) is 5.17. The minimum absolute atomic E-state index is 0.713. The number of hydrogen-bond acceptors (Lipinski definition) is 1. The molecule has 3 aromatic carbocycles. The van der Waals surface area contributed by atoms with E-state index in [-0.39, 0.29) is 0 Å². The second-order valence-corrected chi connectivity index (χ2v) is 5.54. The van der Waals surface area contributed by atoms with Crippen molar-refractivity contribution in [1.29, 1.82) is 5.26 Å². The Balaban J connectivity index is 2.08. The van der Waals surface area contributed by atoms with Crippen LogP contribution in [0.2, 0.25) is 0 Å². The predicted molar refractivity (Wildman–Crippen MR) is 90.7 cm³/mol. The van der Waals surface area contributed by atoms with Crippen LogP contribution in [0.3, 0.4) is 0 Å². The van der Waals surface area contributed by atoms with Gasteiger partial charge in [-0.15, -0.1) is 0 Å². The molecular weight excluding hydrogens is 268 g/mol. The van der Waals surface area contributed by atoms with Gasteiger partial charge in [-0.2, -0.15) is 5.26 Å². The van der Waals surface area contributed by atoms with Crippen LogP contribution < -0.4 is 0 Å². The van der Waals surface area contributed by atoms with Gasteiger partial charge in [0.15, 0.2) is 0 Å². The van der Waals surface area contributed by atoms with Crippen LogP contribution in [-0.2, 0) is 0 Å². The molecule has 22 heavy (non-hydrogen) atoms. The highest BCUT2D eigenvalue weighted by molar-refractivity contribution is 6.09. The maximum absolute atomic E-state index is 9.36. The molecule has 0 spiro atoms. The summed E-state index contributed by atoms with van der Waals surface area (Å²) in [7, 11) is 0. The average molecular weight is 282 g/mol. The van der Waals surface area contributed by atoms with E-state index in [1.165, 1.54) is 16.3 Å². The first-order valence-electron chi connectivity index (χ1n) is 7.28. The number of fused-ring (bicyclic) bond motifs is 3. The minimum Gasteiger partial charge on any atom is -0.355 e. The van der Waals surface area contributed by atoms with E-state index in [1.807, 2.05) is 30.3 Å². The summed E-state index contributed by atoms with van der Waals surface area (Å²) in [5.41, 5.74) is 6.27. The number of para-hydroxylation sites is 1. The summed E-state index contributed by atoms with van der Waals surface area (Å²) in [5, 5.41) is 11.8. The van der Waals surface area contributed by atoms with E-state index in [0.29, 0.717) is 5.56 Å². The van der Waals surface area contributed by atoms with Gasteiger partial charge >= 0.3 is 0 Å². The molecule has 4 aromatic rings. The number of aromatic nitrogens is 1. The normalized spacial score (nSPS) is 10.9. The lowest BCUT2D eigenvalue weighted by atomic mass is 9.94. The van der Waals surface area contributed by atoms with Crippen LogP contribution >= 0.6 is 0 Å². The van der Waals surface area contributed by atoms with Crippen LogP contribution in [0.1, 0.15) is 11.1 Å². The summed E-state index contributed by atoms with van der Waals surface area (Å²) in [6.07, 6.45) is 0. The van der Waals surface area contributed by atoms with Crippen molar-refractivity contribution in [3.8, 4) is 17.2 Å². The molecule has 2 nitrogen and oxygen atoms in total. The highest BCUT2D eigenvalue weighted by Crippen LogP contribution is 2.33. The summed E-state index contributed by atoms with van der Waals surface area (Å²) < 4.78 is 0. The standard InChI is InChI=1S/C20H14N2/c1-13-10-20-18(16-8-4-5-9-19(16)22-20)11-17(13)15-7-3-2-6-14(15)12-21/h2-11,22H,1H3. The van der Waals surface area contributed by atoms with Crippen molar-refractivity contribution in [2.45, 2.75) is 6.92 Å². The Kier molecular flexibility index (Phi) is 2.74. The highest BCUT2D eigenvalue weighted by atomic mass is 14.7. The minimum atomic E-state index is 0.713. The van der Waals surface area contributed by atoms with Crippen molar-refractivity contribution in [3.63, 3.8) is 0 Å². The van der Waals surface area contributed by atoms with Crippen LogP contribution in [0.4, 0.5) is 0 Å². The lowest BCUT2D eigenvalue weighted by Crippen LogP contribution is -1.87. The third kappa shape index (κ3) is 1.80. The van der Waals surface area contributed by atoms with Gasteiger partial charge in [0.2, 0.25) is 0 Å². The molecule has 0 aliphatic rings. The molecular formula is C20H14N2. The van der Waals surface area contributed by atoms with E-state index in [4.69, 9.17) is 0 Å². The molecule has 0 atom stereocenters. The summed E-state index contributed by atoms with van der Waals surface area (Å²) in [5.74, 6) is 0. The lowest BCUT2D eigenvalue weighted by Gasteiger charge is -2.08. The summed E-state index contributed by atoms with van der Waals surface area (Å²) >= 11 is 0. The molecule has 0 radical (unpaired) electrons. The summed E-state index contributed by atoms with van der Waals surface area (Å²) in [4.78, 5) is 3.46. The van der Waals surface area contributed by atoms with Crippen LogP contribution in [0.25, 0.3) is 32.9 Å². The quantitative estimate of drug-likeness (QED) is 0.514. The van der Waals surface area contributed by atoms with E-state index < -0.39 is 0 Å². The first kappa shape index (κ1) is 12.7. The average Bonchev–Trinajstić information content (AvgIpc) is 2.91. The van der Waals surface area contributed by atoms with Gasteiger partial charge in [0.25, 0.3) is 0 Å². The number of nitrogens with zero attached hydrogens (tertiary/aromatic N) is 1. The van der Waals surface area contributed by atoms with Gasteiger partial charge in [0, 0.05) is 21.8 Å². The molecule has 1 aromatic heterocycles. The largest absolute Gasteiger partial charge is 0.355 e. The number of benzene rings is 3. The molecule has 1 heterocycles. The maximum atomic E-state index is 9.36. The Morgan fingerprint density at radius 1 is 0.818 bits per heavy atom. The fourth-order valence-corrected chi connectivity index (χ4v) is 3.11. The monoisotopic (exact) mass is 282 g/mol. The molecule has 0 bridgehead atoms. The number of aromatic amines is 1. The Labute approximate surface area is 128 Å². The fraction of sp³-hybridized carbons (Fsp3) is 0.0500. The first-order valence-corrected chi connectivity index (χ1v) is 7.28. The molecule has 4 rings (SSSR count). The Bertz CT molecular complexity index is 1050. The molecule has 0 saturated carbocycles. The number of aryl methyl sites for hydroxylation is 1. The molecule has 0 aliphatic heterocycles. The second kappa shape index (κ2) is 4.75. The molecule has 0 aliphatic carbocycles. The van der Waals surface area contributed by atoms with Crippen molar-refractivity contribution in [2.24, 2.45) is 0 Å². The van der Waals surface area contributed by atoms with E-state index in [2.05, 4.69) is 48.3 Å². The first-order chi connectivity index (χ1) is 10.8. The van der Waals surface area contributed by atoms with Gasteiger partial charge in [0.05, 0.1) is 11.6 Å². The number of H-pyrrole nitrogens is 1. The fourth-order valence-electron chi connectivity index (χ4n) is 3.11. The smallest absolute Gasteiger partial charge is 0.0998 e. The summed E-state index contributed by atoms with van der Waals surface area (Å²) in [6.45, 7) is 2.09. The van der Waals surface area contributed by atoms with E-state index in [0.717, 1.165) is 22.2 Å². The number of nitriles is 1. The topological polar surface area (TPSA) is 39.6 Å². The maximum Gasteiger partial charge on any atom is 0.0998 e. The van der Waals surface area contributed by atoms with Crippen molar-refractivity contribution in [3.05, 3.63) is 71.8 Å². The van der Waals surface area contributed by atoms with Crippen LogP contribution in [0.15, 0.2) is 60.7 Å². The summed E-state index contributed by atoms with van der Waals surface area (Å²) in [6, 6.07) is 22.7. The Morgan fingerprint density at radius 3 is 2.45 bits per heavy atom. The molecule has 1 N–H and O–H groups in total. The van der Waals surface area contributed by atoms with Gasteiger partial charge in [-0.25, -0.2) is 0 Å². The third-order valence-corrected chi connectivity index (χ3v) is 4.19. The van der Waals surface area contributed by atoms with Gasteiger partial charge in [-0.1, -0.05) is 36.4 Å². The van der Waals surface area contributed by atoms with Gasteiger partial charge in [-0.05, 0) is 47.9 Å². The lowest BCUT2D eigenvalue weighted by molar-refractivity contribution is 1.44. The van der Waals surface area contributed by atoms with Crippen molar-refractivity contribution >= 4 is 21.8 Å². The van der Waals surface area contributed by atoms with E-state index >= 15 is 0 Å². The van der Waals surface area contributed by atoms with E-state index in [9.17, 15) is 5.26 Å². The SMILES string of the molecule is Cc1cc2[nH]c3ccccc3c2cc1-c1ccccc1C#N. The highest BCUT2D eigenvalue weighted by Gasteiger charge is 2.11.